The minimum atomic E-state index is -0.211. The monoisotopic (exact) mass is 373 g/mol. The van der Waals surface area contributed by atoms with Gasteiger partial charge in [0.1, 0.15) is 5.82 Å². The van der Waals surface area contributed by atoms with Gasteiger partial charge in [-0.1, -0.05) is 24.3 Å². The Balaban J connectivity index is 2.04. The van der Waals surface area contributed by atoms with E-state index in [0.29, 0.717) is 36.8 Å². The number of nitrogens with one attached hydrogen (secondary N) is 2. The van der Waals surface area contributed by atoms with E-state index in [-0.39, 0.29) is 17.6 Å². The molecule has 0 bridgehead atoms. The van der Waals surface area contributed by atoms with Gasteiger partial charge in [0.05, 0.1) is 13.2 Å². The minimum Gasteiger partial charge on any atom is -0.504 e. The van der Waals surface area contributed by atoms with Crippen LogP contribution in [-0.2, 0) is 6.42 Å². The molecule has 0 saturated carbocycles. The molecule has 6 heteroatoms. The highest BCUT2D eigenvalue weighted by Crippen LogP contribution is 2.29. The molecule has 0 radical (unpaired) electrons. The average molecular weight is 373 g/mol. The van der Waals surface area contributed by atoms with E-state index in [1.54, 1.807) is 25.1 Å². The van der Waals surface area contributed by atoms with Crippen molar-refractivity contribution in [2.45, 2.75) is 33.2 Å². The van der Waals surface area contributed by atoms with Gasteiger partial charge in [-0.3, -0.25) is 4.99 Å². The molecule has 146 valence electrons. The third kappa shape index (κ3) is 5.61. The van der Waals surface area contributed by atoms with Crippen molar-refractivity contribution in [3.63, 3.8) is 0 Å². The molecule has 0 spiro atoms. The second kappa shape index (κ2) is 9.80. The van der Waals surface area contributed by atoms with Gasteiger partial charge in [-0.05, 0) is 56.0 Å². The van der Waals surface area contributed by atoms with Crippen molar-refractivity contribution in [1.82, 2.24) is 10.6 Å². The lowest BCUT2D eigenvalue weighted by molar-refractivity contribution is 0.370. The van der Waals surface area contributed by atoms with Crippen molar-refractivity contribution in [2.75, 3.05) is 20.2 Å². The zero-order chi connectivity index (χ0) is 19.8. The standard InChI is InChI=1S/C21H28FN3O2/c1-5-23-21(25-15(3)17-10-9-14(2)18(22)13-17)24-12-11-16-7-6-8-19(27-4)20(16)26/h6-10,13,15,26H,5,11-12H2,1-4H3,(H2,23,24,25). The Morgan fingerprint density at radius 2 is 2.07 bits per heavy atom. The van der Waals surface area contributed by atoms with Crippen molar-refractivity contribution >= 4 is 5.96 Å². The Hall–Kier alpha value is -2.76. The summed E-state index contributed by atoms with van der Waals surface area (Å²) >= 11 is 0. The predicted molar refractivity (Wildman–Crippen MR) is 107 cm³/mol. The molecule has 0 aliphatic heterocycles. The third-order valence-electron chi connectivity index (χ3n) is 4.35. The molecule has 5 nitrogen and oxygen atoms in total. The van der Waals surface area contributed by atoms with Gasteiger partial charge in [0.2, 0.25) is 0 Å². The van der Waals surface area contributed by atoms with Gasteiger partial charge in [0.25, 0.3) is 0 Å². The van der Waals surface area contributed by atoms with Crippen LogP contribution in [0.4, 0.5) is 4.39 Å². The molecule has 0 heterocycles. The molecule has 0 amide bonds. The van der Waals surface area contributed by atoms with Crippen molar-refractivity contribution in [2.24, 2.45) is 4.99 Å². The Morgan fingerprint density at radius 1 is 1.30 bits per heavy atom. The highest BCUT2D eigenvalue weighted by molar-refractivity contribution is 5.80. The number of ether oxygens (including phenoxy) is 1. The number of aliphatic imine (C=N–C) groups is 1. The van der Waals surface area contributed by atoms with E-state index < -0.39 is 0 Å². The number of hydrogen-bond acceptors (Lipinski definition) is 3. The largest absolute Gasteiger partial charge is 0.504 e. The SMILES string of the molecule is CCNC(=NCCc1cccc(OC)c1O)NC(C)c1ccc(C)c(F)c1. The van der Waals surface area contributed by atoms with Gasteiger partial charge in [-0.2, -0.15) is 0 Å². The molecule has 2 aromatic carbocycles. The highest BCUT2D eigenvalue weighted by atomic mass is 19.1. The molecular formula is C21H28FN3O2. The van der Waals surface area contributed by atoms with Crippen molar-refractivity contribution < 1.29 is 14.2 Å². The molecule has 2 rings (SSSR count). The van der Waals surface area contributed by atoms with Crippen molar-refractivity contribution in [1.29, 1.82) is 0 Å². The van der Waals surface area contributed by atoms with Gasteiger partial charge in [-0.15, -0.1) is 0 Å². The van der Waals surface area contributed by atoms with E-state index in [9.17, 15) is 9.50 Å². The average Bonchev–Trinajstić information content (AvgIpc) is 2.65. The van der Waals surface area contributed by atoms with Gasteiger partial charge in [-0.25, -0.2) is 4.39 Å². The summed E-state index contributed by atoms with van der Waals surface area (Å²) in [5.41, 5.74) is 2.27. The summed E-state index contributed by atoms with van der Waals surface area (Å²) in [7, 11) is 1.53. The lowest BCUT2D eigenvalue weighted by atomic mass is 10.1. The van der Waals surface area contributed by atoms with Crippen LogP contribution in [-0.4, -0.2) is 31.3 Å². The molecule has 0 fully saturated rings. The van der Waals surface area contributed by atoms with Gasteiger partial charge < -0.3 is 20.5 Å². The first-order valence-electron chi connectivity index (χ1n) is 9.12. The van der Waals surface area contributed by atoms with Crippen molar-refractivity contribution in [3.8, 4) is 11.5 Å². The van der Waals surface area contributed by atoms with E-state index in [1.807, 2.05) is 32.0 Å². The Bertz CT molecular complexity index is 793. The Kier molecular flexibility index (Phi) is 7.46. The third-order valence-corrected chi connectivity index (χ3v) is 4.35. The second-order valence-corrected chi connectivity index (χ2v) is 6.35. The summed E-state index contributed by atoms with van der Waals surface area (Å²) in [6.07, 6.45) is 0.577. The van der Waals surface area contributed by atoms with E-state index in [0.717, 1.165) is 11.1 Å². The lowest BCUT2D eigenvalue weighted by Gasteiger charge is -2.18. The van der Waals surface area contributed by atoms with Crippen LogP contribution in [0.5, 0.6) is 11.5 Å². The lowest BCUT2D eigenvalue weighted by Crippen LogP contribution is -2.38. The first-order chi connectivity index (χ1) is 13.0. The number of halogens is 1. The van der Waals surface area contributed by atoms with Gasteiger partial charge in [0, 0.05) is 13.1 Å². The molecule has 0 saturated heterocycles. The summed E-state index contributed by atoms with van der Waals surface area (Å²) in [4.78, 5) is 4.56. The number of aryl methyl sites for hydroxylation is 1. The van der Waals surface area contributed by atoms with Gasteiger partial charge >= 0.3 is 0 Å². The molecular weight excluding hydrogens is 345 g/mol. The van der Waals surface area contributed by atoms with Crippen LogP contribution in [0, 0.1) is 12.7 Å². The fourth-order valence-corrected chi connectivity index (χ4v) is 2.71. The van der Waals surface area contributed by atoms with Crippen LogP contribution < -0.4 is 15.4 Å². The molecule has 3 N–H and O–H groups in total. The van der Waals surface area contributed by atoms with Crippen LogP contribution in [0.1, 0.15) is 36.6 Å². The predicted octanol–water partition coefficient (Wildman–Crippen LogP) is 3.71. The summed E-state index contributed by atoms with van der Waals surface area (Å²) < 4.78 is 18.9. The number of hydrogen-bond donors (Lipinski definition) is 3. The second-order valence-electron chi connectivity index (χ2n) is 6.35. The number of aromatic hydroxyl groups is 1. The zero-order valence-electron chi connectivity index (χ0n) is 16.3. The summed E-state index contributed by atoms with van der Waals surface area (Å²) in [6.45, 7) is 6.90. The van der Waals surface area contributed by atoms with E-state index >= 15 is 0 Å². The molecule has 0 aliphatic carbocycles. The summed E-state index contributed by atoms with van der Waals surface area (Å²) in [6, 6.07) is 10.6. The maximum atomic E-state index is 13.8. The first kappa shape index (κ1) is 20.6. The number of phenolic OH excluding ortho intramolecular Hbond substituents is 1. The number of phenols is 1. The fourth-order valence-electron chi connectivity index (χ4n) is 2.71. The normalized spacial score (nSPS) is 12.6. The maximum Gasteiger partial charge on any atom is 0.191 e. The molecule has 1 unspecified atom stereocenters. The molecule has 2 aromatic rings. The number of nitrogens with zero attached hydrogens (tertiary/aromatic N) is 1. The molecule has 0 aliphatic rings. The van der Waals surface area contributed by atoms with Crippen LogP contribution in [0.2, 0.25) is 0 Å². The maximum absolute atomic E-state index is 13.8. The number of methoxy groups -OCH3 is 1. The topological polar surface area (TPSA) is 65.9 Å². The van der Waals surface area contributed by atoms with E-state index in [1.165, 1.54) is 7.11 Å². The van der Waals surface area contributed by atoms with Crippen LogP contribution in [0.3, 0.4) is 0 Å². The molecule has 27 heavy (non-hydrogen) atoms. The quantitative estimate of drug-likeness (QED) is 0.511. The molecule has 0 aromatic heterocycles. The minimum absolute atomic E-state index is 0.0943. The van der Waals surface area contributed by atoms with E-state index in [4.69, 9.17) is 4.74 Å². The Labute approximate surface area is 160 Å². The number of guanidine groups is 1. The van der Waals surface area contributed by atoms with Crippen LogP contribution >= 0.6 is 0 Å². The number of para-hydroxylation sites is 1. The molecule has 1 atom stereocenters. The van der Waals surface area contributed by atoms with Crippen LogP contribution in [0.15, 0.2) is 41.4 Å². The van der Waals surface area contributed by atoms with Crippen LogP contribution in [0.25, 0.3) is 0 Å². The fraction of sp³-hybridized carbons (Fsp3) is 0.381. The Morgan fingerprint density at radius 3 is 2.74 bits per heavy atom. The van der Waals surface area contributed by atoms with E-state index in [2.05, 4.69) is 15.6 Å². The van der Waals surface area contributed by atoms with Gasteiger partial charge in [0.15, 0.2) is 17.5 Å². The number of benzene rings is 2. The van der Waals surface area contributed by atoms with Crippen molar-refractivity contribution in [3.05, 3.63) is 58.9 Å². The summed E-state index contributed by atoms with van der Waals surface area (Å²) in [5, 5.41) is 16.6. The smallest absolute Gasteiger partial charge is 0.191 e. The zero-order valence-corrected chi connectivity index (χ0v) is 16.3. The number of rotatable bonds is 7. The first-order valence-corrected chi connectivity index (χ1v) is 9.12. The highest BCUT2D eigenvalue weighted by Gasteiger charge is 2.10. The summed E-state index contributed by atoms with van der Waals surface area (Å²) in [5.74, 6) is 1.04.